The lowest BCUT2D eigenvalue weighted by Crippen LogP contribution is -2.63. The summed E-state index contributed by atoms with van der Waals surface area (Å²) in [4.78, 5) is 6.01. The summed E-state index contributed by atoms with van der Waals surface area (Å²) in [6.07, 6.45) is 0. The van der Waals surface area contributed by atoms with E-state index in [1.54, 1.807) is 0 Å². The van der Waals surface area contributed by atoms with E-state index in [2.05, 4.69) is 289 Å². The van der Waals surface area contributed by atoms with Gasteiger partial charge < -0.3 is 18.6 Å². The second-order valence-electron chi connectivity index (χ2n) is 25.8. The molecular weight excluding hydrogens is 1050 g/mol. The number of para-hydroxylation sites is 6. The van der Waals surface area contributed by atoms with Crippen LogP contribution in [0.5, 0.6) is 0 Å². The number of hydrogen-bond donors (Lipinski definition) is 0. The first kappa shape index (κ1) is 51.5. The van der Waals surface area contributed by atoms with E-state index in [4.69, 9.17) is 8.83 Å². The molecule has 1 aliphatic rings. The number of fused-ring (bicyclic) bond motifs is 15. The summed E-state index contributed by atoms with van der Waals surface area (Å²) in [6.45, 7) is 27.6. The fraction of sp³-hybridized carbons (Fsp3) is 0.178. The van der Waals surface area contributed by atoms with Gasteiger partial charge in [-0.15, -0.1) is 11.8 Å². The highest BCUT2D eigenvalue weighted by Crippen LogP contribution is 2.63. The number of anilines is 6. The van der Waals surface area contributed by atoms with Crippen molar-refractivity contribution in [3.63, 3.8) is 0 Å². The van der Waals surface area contributed by atoms with Crippen molar-refractivity contribution in [2.45, 2.75) is 87.6 Å². The molecule has 2 heterocycles. The van der Waals surface area contributed by atoms with Crippen molar-refractivity contribution in [3.05, 3.63) is 217 Å². The van der Waals surface area contributed by atoms with Crippen molar-refractivity contribution >= 4 is 151 Å². The Morgan fingerprint density at radius 2 is 0.901 bits per heavy atom. The van der Waals surface area contributed by atoms with Crippen LogP contribution in [0.2, 0.25) is 58.9 Å². The van der Waals surface area contributed by atoms with Crippen LogP contribution < -0.4 is 15.0 Å². The second kappa shape index (κ2) is 18.7. The van der Waals surface area contributed by atoms with Crippen LogP contribution in [0.1, 0.15) is 25.0 Å². The Balaban J connectivity index is 0.995. The molecule has 14 rings (SSSR count). The van der Waals surface area contributed by atoms with Gasteiger partial charge in [-0.1, -0.05) is 206 Å². The Labute approximate surface area is 483 Å². The molecule has 0 radical (unpaired) electrons. The van der Waals surface area contributed by atoms with E-state index in [9.17, 15) is 0 Å². The molecule has 81 heavy (non-hydrogen) atoms. The standard InChI is InChI=1S/C73H68N2O2SSi3/c1-46(2)78-65-36-22-32-58-56-30-20-34-63(69(56)76-71(58)65)75(50-26-16-13-17-27-50)52-40-41-55-60(45-52)53-28-18-19-29-54(53)67-61-43-47-38-39-51(42-48(47)44-62(61)73(68(55)67,80(6,7)8)81(9,10)11)74(49-24-14-12-15-25-49)64-35-21-31-57-59-33-23-37-66(79(3,4)5)72(59)77-70(57)64/h12-46H,1-11H3. The minimum Gasteiger partial charge on any atom is -0.454 e. The van der Waals surface area contributed by atoms with E-state index in [0.29, 0.717) is 5.25 Å². The third kappa shape index (κ3) is 7.88. The zero-order chi connectivity index (χ0) is 55.9. The first-order valence-electron chi connectivity index (χ1n) is 28.8. The van der Waals surface area contributed by atoms with Crippen LogP contribution in [0.15, 0.2) is 220 Å². The van der Waals surface area contributed by atoms with Gasteiger partial charge in [-0.05, 0) is 133 Å². The van der Waals surface area contributed by atoms with Crippen LogP contribution in [0.3, 0.4) is 0 Å². The third-order valence-electron chi connectivity index (χ3n) is 17.4. The van der Waals surface area contributed by atoms with Gasteiger partial charge in [-0.2, -0.15) is 0 Å². The summed E-state index contributed by atoms with van der Waals surface area (Å²) in [6, 6.07) is 77.3. The molecule has 0 aliphatic heterocycles. The molecule has 13 aromatic rings. The largest absolute Gasteiger partial charge is 0.454 e. The first-order valence-corrected chi connectivity index (χ1v) is 40.1. The van der Waals surface area contributed by atoms with Crippen LogP contribution in [0, 0.1) is 0 Å². The molecule has 0 spiro atoms. The zero-order valence-electron chi connectivity index (χ0n) is 48.3. The summed E-state index contributed by atoms with van der Waals surface area (Å²) >= 11 is 1.86. The van der Waals surface area contributed by atoms with Crippen molar-refractivity contribution in [1.29, 1.82) is 0 Å². The predicted octanol–water partition coefficient (Wildman–Crippen LogP) is 22.0. The highest BCUT2D eigenvalue weighted by molar-refractivity contribution is 8.00. The van der Waals surface area contributed by atoms with Crippen LogP contribution in [0.4, 0.5) is 34.1 Å². The molecule has 8 heteroatoms. The Morgan fingerprint density at radius 1 is 0.395 bits per heavy atom. The summed E-state index contributed by atoms with van der Waals surface area (Å²) in [5.41, 5.74) is 16.1. The molecule has 0 unspecified atom stereocenters. The first-order chi connectivity index (χ1) is 38.9. The number of furan rings is 2. The number of hydrogen-bond acceptors (Lipinski definition) is 5. The maximum Gasteiger partial charge on any atom is 0.159 e. The fourth-order valence-electron chi connectivity index (χ4n) is 14.6. The molecule has 0 atom stereocenters. The highest BCUT2D eigenvalue weighted by atomic mass is 32.2. The zero-order valence-corrected chi connectivity index (χ0v) is 52.1. The van der Waals surface area contributed by atoms with Gasteiger partial charge in [0.25, 0.3) is 0 Å². The minimum atomic E-state index is -2.20. The van der Waals surface area contributed by atoms with Gasteiger partial charge in [0.1, 0.15) is 11.2 Å². The van der Waals surface area contributed by atoms with Crippen molar-refractivity contribution < 1.29 is 8.83 Å². The van der Waals surface area contributed by atoms with Crippen LogP contribution >= 0.6 is 11.8 Å². The smallest absolute Gasteiger partial charge is 0.159 e. The number of rotatable bonds is 11. The molecule has 0 saturated carbocycles. The van der Waals surface area contributed by atoms with Gasteiger partial charge >= 0.3 is 0 Å². The molecule has 11 aromatic carbocycles. The lowest BCUT2D eigenvalue weighted by atomic mass is 9.90. The van der Waals surface area contributed by atoms with Gasteiger partial charge in [0.05, 0.1) is 40.5 Å². The monoisotopic (exact) mass is 1120 g/mol. The van der Waals surface area contributed by atoms with E-state index in [1.807, 2.05) is 11.8 Å². The average Bonchev–Trinajstić information content (AvgIpc) is 1.74. The second-order valence-corrected chi connectivity index (χ2v) is 43.4. The Bertz CT molecular complexity index is 4660. The Kier molecular flexibility index (Phi) is 11.9. The number of benzene rings is 11. The fourth-order valence-corrected chi connectivity index (χ4v) is 30.1. The molecule has 0 saturated heterocycles. The van der Waals surface area contributed by atoms with Crippen LogP contribution in [-0.2, 0) is 4.66 Å². The molecule has 0 fully saturated rings. The molecule has 2 aromatic heterocycles. The lowest BCUT2D eigenvalue weighted by molar-refractivity contribution is 0.660. The topological polar surface area (TPSA) is 32.8 Å². The third-order valence-corrected chi connectivity index (χ3v) is 30.5. The molecule has 4 nitrogen and oxygen atoms in total. The maximum atomic E-state index is 7.12. The van der Waals surface area contributed by atoms with Gasteiger partial charge in [-0.25, -0.2) is 0 Å². The Hall–Kier alpha value is -7.60. The van der Waals surface area contributed by atoms with Crippen molar-refractivity contribution in [2.75, 3.05) is 9.80 Å². The quantitative estimate of drug-likeness (QED) is 0.0732. The molecule has 0 bridgehead atoms. The molecular formula is C73H68N2O2SSi3. The average molecular weight is 1120 g/mol. The SMILES string of the molecule is CC(C)Sc1cccc2c1oc1c(N(c3ccccc3)c3ccc4c5c(c6ccccc6c4c3)-c3cc4ccc(N(c6ccccc6)c6cccc7c6oc6c([Si](C)(C)C)cccc67)cc4cc3C5([Si](C)(C)C)[Si](C)(C)C)cccc12. The molecule has 0 N–H and O–H groups in total. The van der Waals surface area contributed by atoms with E-state index < -0.39 is 24.2 Å². The van der Waals surface area contributed by atoms with Crippen molar-refractivity contribution in [3.8, 4) is 11.1 Å². The molecule has 1 aliphatic carbocycles. The summed E-state index contributed by atoms with van der Waals surface area (Å²) in [5.74, 6) is 0. The van der Waals surface area contributed by atoms with E-state index in [0.717, 1.165) is 72.6 Å². The summed E-state index contributed by atoms with van der Waals surface area (Å²) < 4.78 is 14.0. The molecule has 0 amide bonds. The Morgan fingerprint density at radius 3 is 1.49 bits per heavy atom. The summed E-state index contributed by atoms with van der Waals surface area (Å²) in [7, 11) is -6.12. The number of thioether (sulfide) groups is 1. The van der Waals surface area contributed by atoms with Gasteiger partial charge in [-0.3, -0.25) is 0 Å². The van der Waals surface area contributed by atoms with Crippen LogP contribution in [0.25, 0.3) is 87.3 Å². The normalized spacial score (nSPS) is 13.6. The van der Waals surface area contributed by atoms with E-state index in [-0.39, 0.29) is 4.66 Å². The van der Waals surface area contributed by atoms with Gasteiger partial charge in [0, 0.05) is 54.2 Å². The van der Waals surface area contributed by atoms with E-state index >= 15 is 0 Å². The maximum absolute atomic E-state index is 7.12. The lowest BCUT2D eigenvalue weighted by Gasteiger charge is -2.51. The van der Waals surface area contributed by atoms with Gasteiger partial charge in [0.15, 0.2) is 11.2 Å². The van der Waals surface area contributed by atoms with Crippen molar-refractivity contribution in [2.24, 2.45) is 0 Å². The summed E-state index contributed by atoms with van der Waals surface area (Å²) in [5, 5.41) is 14.1. The molecule has 400 valence electrons. The van der Waals surface area contributed by atoms with Crippen LogP contribution in [-0.4, -0.2) is 29.5 Å². The number of nitrogens with zero attached hydrogens (tertiary/aromatic N) is 2. The highest BCUT2D eigenvalue weighted by Gasteiger charge is 2.60. The predicted molar refractivity (Wildman–Crippen MR) is 360 cm³/mol. The van der Waals surface area contributed by atoms with Crippen molar-refractivity contribution in [1.82, 2.24) is 0 Å². The van der Waals surface area contributed by atoms with Gasteiger partial charge in [0.2, 0.25) is 0 Å². The minimum absolute atomic E-state index is 0.156. The van der Waals surface area contributed by atoms with E-state index in [1.165, 1.54) is 70.0 Å².